The van der Waals surface area contributed by atoms with Crippen LogP contribution in [0, 0.1) is 13.8 Å². The van der Waals surface area contributed by atoms with E-state index in [-0.39, 0.29) is 11.8 Å². The standard InChI is InChI=1S/C28H32N2O2/c1-21-13-15-23(16-14-21)17-18-27(31)30(20-25-12-8-7-9-22(25)2)26(28(32)29-3)19-24-10-5-4-6-11-24/h4-16,26H,17-20H2,1-3H3,(H,29,32)/t26-/m1/s1. The molecule has 0 radical (unpaired) electrons. The van der Waals surface area contributed by atoms with Crippen molar-refractivity contribution in [3.05, 3.63) is 107 Å². The van der Waals surface area contributed by atoms with E-state index in [9.17, 15) is 9.59 Å². The Labute approximate surface area is 191 Å². The Morgan fingerprint density at radius 2 is 1.50 bits per heavy atom. The Morgan fingerprint density at radius 3 is 2.16 bits per heavy atom. The number of amides is 2. The average molecular weight is 429 g/mol. The molecule has 0 aliphatic carbocycles. The van der Waals surface area contributed by atoms with Gasteiger partial charge in [0.05, 0.1) is 0 Å². The average Bonchev–Trinajstić information content (AvgIpc) is 2.82. The highest BCUT2D eigenvalue weighted by Gasteiger charge is 2.29. The van der Waals surface area contributed by atoms with E-state index in [1.807, 2.05) is 61.5 Å². The van der Waals surface area contributed by atoms with Gasteiger partial charge in [0.1, 0.15) is 6.04 Å². The van der Waals surface area contributed by atoms with E-state index in [0.29, 0.717) is 25.8 Å². The number of hydrogen-bond donors (Lipinski definition) is 1. The number of carbonyl (C=O) groups is 2. The Hall–Kier alpha value is -3.40. The molecule has 32 heavy (non-hydrogen) atoms. The number of nitrogens with zero attached hydrogens (tertiary/aromatic N) is 1. The van der Waals surface area contributed by atoms with E-state index in [2.05, 4.69) is 36.5 Å². The molecular formula is C28H32N2O2. The molecule has 0 unspecified atom stereocenters. The van der Waals surface area contributed by atoms with Crippen LogP contribution < -0.4 is 5.32 Å². The maximum atomic E-state index is 13.5. The van der Waals surface area contributed by atoms with Crippen LogP contribution in [0.2, 0.25) is 0 Å². The second kappa shape index (κ2) is 11.3. The number of aryl methyl sites for hydroxylation is 3. The predicted molar refractivity (Wildman–Crippen MR) is 129 cm³/mol. The van der Waals surface area contributed by atoms with Crippen molar-refractivity contribution in [1.82, 2.24) is 10.2 Å². The summed E-state index contributed by atoms with van der Waals surface area (Å²) in [4.78, 5) is 28.2. The zero-order valence-electron chi connectivity index (χ0n) is 19.2. The van der Waals surface area contributed by atoms with E-state index < -0.39 is 6.04 Å². The van der Waals surface area contributed by atoms with Crippen molar-refractivity contribution in [3.8, 4) is 0 Å². The molecule has 0 aliphatic rings. The zero-order valence-corrected chi connectivity index (χ0v) is 19.2. The first-order chi connectivity index (χ1) is 15.5. The summed E-state index contributed by atoms with van der Waals surface area (Å²) in [5.74, 6) is -0.163. The summed E-state index contributed by atoms with van der Waals surface area (Å²) in [5.41, 5.74) is 5.52. The van der Waals surface area contributed by atoms with Gasteiger partial charge >= 0.3 is 0 Å². The van der Waals surface area contributed by atoms with Crippen LogP contribution in [-0.2, 0) is 29.0 Å². The summed E-state index contributed by atoms with van der Waals surface area (Å²) in [6, 6.07) is 25.6. The molecule has 0 fully saturated rings. The van der Waals surface area contributed by atoms with Gasteiger partial charge in [0.2, 0.25) is 11.8 Å². The summed E-state index contributed by atoms with van der Waals surface area (Å²) in [7, 11) is 1.63. The van der Waals surface area contributed by atoms with Crippen LogP contribution in [0.4, 0.5) is 0 Å². The molecule has 0 bridgehead atoms. The first kappa shape index (κ1) is 23.3. The van der Waals surface area contributed by atoms with Gasteiger partial charge in [-0.25, -0.2) is 0 Å². The summed E-state index contributed by atoms with van der Waals surface area (Å²) >= 11 is 0. The van der Waals surface area contributed by atoms with Crippen molar-refractivity contribution >= 4 is 11.8 Å². The Balaban J connectivity index is 1.87. The maximum Gasteiger partial charge on any atom is 0.242 e. The third-order valence-electron chi connectivity index (χ3n) is 5.87. The van der Waals surface area contributed by atoms with E-state index in [1.54, 1.807) is 11.9 Å². The third-order valence-corrected chi connectivity index (χ3v) is 5.87. The molecule has 0 aliphatic heterocycles. The first-order valence-corrected chi connectivity index (χ1v) is 11.1. The topological polar surface area (TPSA) is 49.4 Å². The molecule has 1 N–H and O–H groups in total. The van der Waals surface area contributed by atoms with Crippen molar-refractivity contribution in [3.63, 3.8) is 0 Å². The minimum atomic E-state index is -0.576. The molecule has 0 saturated heterocycles. The lowest BCUT2D eigenvalue weighted by Gasteiger charge is -2.31. The van der Waals surface area contributed by atoms with Gasteiger partial charge in [-0.2, -0.15) is 0 Å². The van der Waals surface area contributed by atoms with E-state index >= 15 is 0 Å². The van der Waals surface area contributed by atoms with Gasteiger partial charge in [0, 0.05) is 26.4 Å². The van der Waals surface area contributed by atoms with Gasteiger partial charge in [-0.3, -0.25) is 9.59 Å². The second-order valence-electron chi connectivity index (χ2n) is 8.25. The largest absolute Gasteiger partial charge is 0.357 e. The van der Waals surface area contributed by atoms with Crippen LogP contribution in [0.25, 0.3) is 0 Å². The van der Waals surface area contributed by atoms with Gasteiger partial charge in [-0.1, -0.05) is 84.4 Å². The van der Waals surface area contributed by atoms with E-state index in [1.165, 1.54) is 5.56 Å². The molecule has 0 saturated carbocycles. The van der Waals surface area contributed by atoms with E-state index in [0.717, 1.165) is 22.3 Å². The minimum absolute atomic E-state index is 0.0154. The number of hydrogen-bond acceptors (Lipinski definition) is 2. The van der Waals surface area contributed by atoms with Gasteiger partial charge in [0.15, 0.2) is 0 Å². The zero-order chi connectivity index (χ0) is 22.9. The van der Waals surface area contributed by atoms with Crippen LogP contribution in [0.3, 0.4) is 0 Å². The van der Waals surface area contributed by atoms with Crippen LogP contribution in [0.5, 0.6) is 0 Å². The number of nitrogens with one attached hydrogen (secondary N) is 1. The van der Waals surface area contributed by atoms with Crippen molar-refractivity contribution in [1.29, 1.82) is 0 Å². The molecule has 0 aromatic heterocycles. The number of likely N-dealkylation sites (N-methyl/N-ethyl adjacent to an activating group) is 1. The quantitative estimate of drug-likeness (QED) is 0.541. The number of carbonyl (C=O) groups excluding carboxylic acids is 2. The smallest absolute Gasteiger partial charge is 0.242 e. The van der Waals surface area contributed by atoms with Crippen LogP contribution in [0.1, 0.15) is 34.2 Å². The molecule has 2 amide bonds. The van der Waals surface area contributed by atoms with Gasteiger partial charge < -0.3 is 10.2 Å². The Bertz CT molecular complexity index is 1030. The molecular weight excluding hydrogens is 396 g/mol. The maximum absolute atomic E-state index is 13.5. The molecule has 3 aromatic carbocycles. The van der Waals surface area contributed by atoms with Gasteiger partial charge in [-0.05, 0) is 42.5 Å². The molecule has 3 aromatic rings. The lowest BCUT2D eigenvalue weighted by atomic mass is 10.0. The number of rotatable bonds is 9. The second-order valence-corrected chi connectivity index (χ2v) is 8.25. The van der Waals surface area contributed by atoms with Crippen LogP contribution in [0.15, 0.2) is 78.9 Å². The monoisotopic (exact) mass is 428 g/mol. The highest BCUT2D eigenvalue weighted by Crippen LogP contribution is 2.18. The minimum Gasteiger partial charge on any atom is -0.357 e. The van der Waals surface area contributed by atoms with Crippen molar-refractivity contribution in [2.24, 2.45) is 0 Å². The van der Waals surface area contributed by atoms with E-state index in [4.69, 9.17) is 0 Å². The highest BCUT2D eigenvalue weighted by atomic mass is 16.2. The van der Waals surface area contributed by atoms with Crippen LogP contribution in [-0.4, -0.2) is 29.8 Å². The summed E-state index contributed by atoms with van der Waals surface area (Å²) in [6.07, 6.45) is 1.48. The fourth-order valence-electron chi connectivity index (χ4n) is 3.84. The van der Waals surface area contributed by atoms with Crippen molar-refractivity contribution in [2.75, 3.05) is 7.05 Å². The fourth-order valence-corrected chi connectivity index (χ4v) is 3.84. The fraction of sp³-hybridized carbons (Fsp3) is 0.286. The summed E-state index contributed by atoms with van der Waals surface area (Å²) in [6.45, 7) is 4.50. The molecule has 0 heterocycles. The SMILES string of the molecule is CNC(=O)[C@@H](Cc1ccccc1)N(Cc1ccccc1C)C(=O)CCc1ccc(C)cc1. The lowest BCUT2D eigenvalue weighted by Crippen LogP contribution is -2.49. The predicted octanol–water partition coefficient (Wildman–Crippen LogP) is 4.62. The lowest BCUT2D eigenvalue weighted by molar-refractivity contribution is -0.141. The van der Waals surface area contributed by atoms with Crippen molar-refractivity contribution in [2.45, 2.75) is 45.7 Å². The first-order valence-electron chi connectivity index (χ1n) is 11.1. The normalized spacial score (nSPS) is 11.6. The summed E-state index contributed by atoms with van der Waals surface area (Å²) in [5, 5.41) is 2.77. The highest BCUT2D eigenvalue weighted by molar-refractivity contribution is 5.88. The third kappa shape index (κ3) is 6.30. The Morgan fingerprint density at radius 1 is 0.844 bits per heavy atom. The molecule has 4 heteroatoms. The van der Waals surface area contributed by atoms with Crippen molar-refractivity contribution < 1.29 is 9.59 Å². The molecule has 1 atom stereocenters. The van der Waals surface area contributed by atoms with Gasteiger partial charge in [0.25, 0.3) is 0 Å². The van der Waals surface area contributed by atoms with Crippen LogP contribution >= 0.6 is 0 Å². The molecule has 166 valence electrons. The Kier molecular flexibility index (Phi) is 8.20. The van der Waals surface area contributed by atoms with Gasteiger partial charge in [-0.15, -0.1) is 0 Å². The summed E-state index contributed by atoms with van der Waals surface area (Å²) < 4.78 is 0. The molecule has 0 spiro atoms. The number of benzene rings is 3. The molecule has 4 nitrogen and oxygen atoms in total. The molecule has 3 rings (SSSR count).